The van der Waals surface area contributed by atoms with Crippen molar-refractivity contribution >= 4 is 5.97 Å². The van der Waals surface area contributed by atoms with Gasteiger partial charge in [-0.25, -0.2) is 0 Å². The summed E-state index contributed by atoms with van der Waals surface area (Å²) in [6.45, 7) is 6.64. The molecular weight excluding hydrogens is 386 g/mol. The smallest absolute Gasteiger partial charge is 0.310 e. The van der Waals surface area contributed by atoms with Crippen molar-refractivity contribution in [3.8, 4) is 0 Å². The SMILES string of the molecule is C[C@H](NC[C@H]1C(=O)O[C@@H]2C[C@@]3(C)CCC[C@]4(CO4)[C@@H]3C[C@@H]21)[C@@H]1[C@@H]2CC[C@H]3C[C@@H](C2)C[C@@H]31. The number of fused-ring (bicyclic) bond motifs is 5. The molecule has 2 heterocycles. The Balaban J connectivity index is 1.05. The van der Waals surface area contributed by atoms with E-state index >= 15 is 0 Å². The summed E-state index contributed by atoms with van der Waals surface area (Å²) >= 11 is 0. The van der Waals surface area contributed by atoms with Crippen molar-refractivity contribution in [1.82, 2.24) is 5.32 Å². The van der Waals surface area contributed by atoms with Crippen LogP contribution in [0.15, 0.2) is 0 Å². The molecule has 4 nitrogen and oxygen atoms in total. The van der Waals surface area contributed by atoms with Crippen LogP contribution >= 0.6 is 0 Å². The van der Waals surface area contributed by atoms with Crippen molar-refractivity contribution in [3.63, 3.8) is 0 Å². The van der Waals surface area contributed by atoms with Gasteiger partial charge in [-0.2, -0.15) is 0 Å². The normalized spacial score (nSPS) is 57.5. The van der Waals surface area contributed by atoms with Gasteiger partial charge in [0, 0.05) is 18.5 Å². The third kappa shape index (κ3) is 2.89. The van der Waals surface area contributed by atoms with E-state index in [0.717, 1.165) is 55.6 Å². The first kappa shape index (κ1) is 19.8. The van der Waals surface area contributed by atoms with Crippen LogP contribution < -0.4 is 5.32 Å². The van der Waals surface area contributed by atoms with E-state index < -0.39 is 0 Å². The molecule has 0 unspecified atom stereocenters. The van der Waals surface area contributed by atoms with Crippen molar-refractivity contribution in [2.75, 3.05) is 13.2 Å². The maximum atomic E-state index is 13.0. The van der Waals surface area contributed by atoms with Gasteiger partial charge in [0.05, 0.1) is 18.1 Å². The first-order valence-electron chi connectivity index (χ1n) is 13.5. The molecule has 172 valence electrons. The third-order valence-electron chi connectivity index (χ3n) is 11.7. The molecule has 0 aromatic carbocycles. The molecule has 7 aliphatic rings. The monoisotopic (exact) mass is 427 g/mol. The van der Waals surface area contributed by atoms with Crippen molar-refractivity contribution in [2.24, 2.45) is 52.8 Å². The maximum Gasteiger partial charge on any atom is 0.310 e. The maximum absolute atomic E-state index is 13.0. The van der Waals surface area contributed by atoms with E-state index in [9.17, 15) is 4.79 Å². The predicted octanol–water partition coefficient (Wildman–Crippen LogP) is 4.56. The fourth-order valence-corrected chi connectivity index (χ4v) is 10.4. The number of hydrogen-bond acceptors (Lipinski definition) is 4. The lowest BCUT2D eigenvalue weighted by Crippen LogP contribution is -2.52. The van der Waals surface area contributed by atoms with Crippen molar-refractivity contribution in [1.29, 1.82) is 0 Å². The lowest BCUT2D eigenvalue weighted by molar-refractivity contribution is -0.147. The number of epoxide rings is 1. The van der Waals surface area contributed by atoms with Crippen LogP contribution in [-0.2, 0) is 14.3 Å². The second-order valence-electron chi connectivity index (χ2n) is 13.2. The second kappa shape index (κ2) is 6.72. The standard InChI is InChI=1S/C27H41NO3/c1-15(24-18-5-4-17-8-16(9-18)10-19(17)24)28-13-21-20-11-23-26(2,12-22(20)31-25(21)29)6-3-7-27(23)14-30-27/h15-24,28H,3-14H2,1-2H3/t15-,16-,17-,18+,19-,20+,21+,22+,23+,24+,26+,27-/m0/s1. The molecule has 2 aliphatic heterocycles. The number of esters is 1. The van der Waals surface area contributed by atoms with Gasteiger partial charge in [0.1, 0.15) is 6.10 Å². The summed E-state index contributed by atoms with van der Waals surface area (Å²) in [5.41, 5.74) is 0.446. The van der Waals surface area contributed by atoms with Gasteiger partial charge >= 0.3 is 5.97 Å². The highest BCUT2D eigenvalue weighted by molar-refractivity contribution is 5.75. The van der Waals surface area contributed by atoms with Gasteiger partial charge in [-0.05, 0) is 112 Å². The average Bonchev–Trinajstić information content (AvgIpc) is 3.37. The molecule has 1 N–H and O–H groups in total. The molecule has 4 heteroatoms. The van der Waals surface area contributed by atoms with Gasteiger partial charge in [0.25, 0.3) is 0 Å². The summed E-state index contributed by atoms with van der Waals surface area (Å²) in [4.78, 5) is 13.0. The Morgan fingerprint density at radius 2 is 1.90 bits per heavy atom. The molecule has 3 bridgehead atoms. The lowest BCUT2D eigenvalue weighted by atomic mass is 9.53. The minimum Gasteiger partial charge on any atom is -0.462 e. The number of rotatable bonds is 4. The lowest BCUT2D eigenvalue weighted by Gasteiger charge is -2.51. The molecule has 31 heavy (non-hydrogen) atoms. The van der Waals surface area contributed by atoms with Crippen LogP contribution in [0, 0.1) is 52.8 Å². The van der Waals surface area contributed by atoms with Crippen molar-refractivity contribution in [3.05, 3.63) is 0 Å². The highest BCUT2D eigenvalue weighted by Gasteiger charge is 2.65. The van der Waals surface area contributed by atoms with Crippen LogP contribution in [0.1, 0.15) is 78.1 Å². The molecule has 7 rings (SSSR count). The molecule has 2 saturated heterocycles. The van der Waals surface area contributed by atoms with E-state index in [4.69, 9.17) is 9.47 Å². The number of carbonyl (C=O) groups excluding carboxylic acids is 1. The molecule has 5 aliphatic carbocycles. The van der Waals surface area contributed by atoms with Crippen LogP contribution in [-0.4, -0.2) is 36.9 Å². The highest BCUT2D eigenvalue weighted by Crippen LogP contribution is 2.63. The molecule has 12 atom stereocenters. The van der Waals surface area contributed by atoms with Gasteiger partial charge in [-0.1, -0.05) is 6.92 Å². The fraction of sp³-hybridized carbons (Fsp3) is 0.963. The first-order chi connectivity index (χ1) is 15.0. The Morgan fingerprint density at radius 1 is 1.10 bits per heavy atom. The molecule has 0 amide bonds. The minimum absolute atomic E-state index is 0.0480. The van der Waals surface area contributed by atoms with Crippen LogP contribution in [0.2, 0.25) is 0 Å². The van der Waals surface area contributed by atoms with Crippen LogP contribution in [0.3, 0.4) is 0 Å². The zero-order valence-corrected chi connectivity index (χ0v) is 19.5. The summed E-state index contributed by atoms with van der Waals surface area (Å²) < 4.78 is 12.1. The van der Waals surface area contributed by atoms with Crippen molar-refractivity contribution < 1.29 is 14.3 Å². The van der Waals surface area contributed by atoms with Crippen molar-refractivity contribution in [2.45, 2.75) is 95.8 Å². The van der Waals surface area contributed by atoms with E-state index in [-0.39, 0.29) is 23.6 Å². The summed E-state index contributed by atoms with van der Waals surface area (Å²) in [7, 11) is 0. The topological polar surface area (TPSA) is 50.9 Å². The van der Waals surface area contributed by atoms with E-state index in [1.54, 1.807) is 0 Å². The van der Waals surface area contributed by atoms with Gasteiger partial charge in [0.15, 0.2) is 0 Å². The molecule has 1 spiro atoms. The largest absolute Gasteiger partial charge is 0.462 e. The Bertz CT molecular complexity index is 764. The van der Waals surface area contributed by atoms with Crippen LogP contribution in [0.5, 0.6) is 0 Å². The molecule has 0 radical (unpaired) electrons. The Labute approximate surface area is 187 Å². The number of ether oxygens (including phenoxy) is 2. The fourth-order valence-electron chi connectivity index (χ4n) is 10.4. The molecule has 0 aromatic rings. The zero-order chi connectivity index (χ0) is 21.0. The van der Waals surface area contributed by atoms with Crippen LogP contribution in [0.4, 0.5) is 0 Å². The summed E-state index contributed by atoms with van der Waals surface area (Å²) in [5.74, 6) is 5.88. The summed E-state index contributed by atoms with van der Waals surface area (Å²) in [6, 6.07) is 0.533. The summed E-state index contributed by atoms with van der Waals surface area (Å²) in [5, 5.41) is 3.91. The van der Waals surface area contributed by atoms with E-state index in [0.29, 0.717) is 23.3 Å². The number of carbonyl (C=O) groups is 1. The second-order valence-corrected chi connectivity index (χ2v) is 13.2. The Morgan fingerprint density at radius 3 is 2.74 bits per heavy atom. The van der Waals surface area contributed by atoms with E-state index in [1.165, 1.54) is 51.4 Å². The van der Waals surface area contributed by atoms with Gasteiger partial charge in [-0.3, -0.25) is 4.79 Å². The zero-order valence-electron chi connectivity index (χ0n) is 19.5. The molecule has 5 saturated carbocycles. The highest BCUT2D eigenvalue weighted by atomic mass is 16.6. The van der Waals surface area contributed by atoms with Gasteiger partial charge in [0.2, 0.25) is 0 Å². The molecular formula is C27H41NO3. The van der Waals surface area contributed by atoms with Gasteiger partial charge < -0.3 is 14.8 Å². The quantitative estimate of drug-likeness (QED) is 0.528. The van der Waals surface area contributed by atoms with E-state index in [2.05, 4.69) is 19.2 Å². The third-order valence-corrected chi connectivity index (χ3v) is 11.7. The predicted molar refractivity (Wildman–Crippen MR) is 118 cm³/mol. The van der Waals surface area contributed by atoms with E-state index in [1.807, 2.05) is 0 Å². The Kier molecular flexibility index (Phi) is 4.29. The Hall–Kier alpha value is -0.610. The number of nitrogens with one attached hydrogen (secondary N) is 1. The number of hydrogen-bond donors (Lipinski definition) is 1. The summed E-state index contributed by atoms with van der Waals surface area (Å²) in [6.07, 6.45) is 13.5. The molecule has 7 fully saturated rings. The molecule has 0 aromatic heterocycles. The first-order valence-corrected chi connectivity index (χ1v) is 13.5. The van der Waals surface area contributed by atoms with Crippen LogP contribution in [0.25, 0.3) is 0 Å². The average molecular weight is 428 g/mol. The van der Waals surface area contributed by atoms with Gasteiger partial charge in [-0.15, -0.1) is 0 Å². The minimum atomic E-state index is 0.0480.